The minimum Gasteiger partial charge on any atom is -0.466 e. The van der Waals surface area contributed by atoms with Crippen LogP contribution in [0.15, 0.2) is 83.9 Å². The molecule has 3 heterocycles. The second-order valence-electron chi connectivity index (χ2n) is 7.86. The molecule has 0 aliphatic heterocycles. The number of carbonyl (C=O) groups excluding carboxylic acids is 2. The maximum Gasteiger partial charge on any atom is 0.313 e. The zero-order valence-corrected chi connectivity index (χ0v) is 21.4. The molecule has 12 heteroatoms. The molecule has 5 aromatic rings. The van der Waals surface area contributed by atoms with Crippen molar-refractivity contribution in [3.05, 3.63) is 112 Å². The van der Waals surface area contributed by atoms with Crippen molar-refractivity contribution in [3.63, 3.8) is 0 Å². The van der Waals surface area contributed by atoms with Gasteiger partial charge in [0.2, 0.25) is 5.69 Å². The number of nitrogen functional groups attached to an aromatic ring is 1. The first-order valence-electron chi connectivity index (χ1n) is 11.8. The minimum atomic E-state index is -0.471. The average molecular weight is 553 g/mol. The van der Waals surface area contributed by atoms with Gasteiger partial charge in [-0.15, -0.1) is 0 Å². The van der Waals surface area contributed by atoms with Crippen molar-refractivity contribution in [2.24, 2.45) is 0 Å². The van der Waals surface area contributed by atoms with E-state index in [1.807, 2.05) is 42.5 Å². The van der Waals surface area contributed by atoms with Crippen LogP contribution in [0.2, 0.25) is 0 Å². The van der Waals surface area contributed by atoms with Crippen LogP contribution in [-0.2, 0) is 9.53 Å². The highest BCUT2D eigenvalue weighted by atomic mass is 16.5. The molecule has 3 aromatic heterocycles. The van der Waals surface area contributed by atoms with E-state index in [2.05, 4.69) is 29.9 Å². The molecule has 2 aromatic carbocycles. The van der Waals surface area contributed by atoms with Gasteiger partial charge in [-0.3, -0.25) is 24.6 Å². The number of fused-ring (bicyclic) bond motifs is 1. The molecule has 4 N–H and O–H groups in total. The first-order chi connectivity index (χ1) is 19.4. The van der Waals surface area contributed by atoms with Crippen molar-refractivity contribution in [1.29, 1.82) is 5.26 Å². The number of anilines is 1. The van der Waals surface area contributed by atoms with Gasteiger partial charge < -0.3 is 10.5 Å². The van der Waals surface area contributed by atoms with Gasteiger partial charge in [-0.1, -0.05) is 68.1 Å². The third-order valence-electron chi connectivity index (χ3n) is 5.16. The van der Waals surface area contributed by atoms with Crippen LogP contribution >= 0.6 is 0 Å². The number of H-pyrrole nitrogens is 2. The van der Waals surface area contributed by atoms with Gasteiger partial charge in [0.05, 0.1) is 25.1 Å². The van der Waals surface area contributed by atoms with Gasteiger partial charge in [0, 0.05) is 23.4 Å². The number of benzene rings is 2. The third kappa shape index (κ3) is 8.49. The zero-order valence-electron chi connectivity index (χ0n) is 21.4. The Kier molecular flexibility index (Phi) is 11.7. The molecule has 12 nitrogen and oxygen atoms in total. The van der Waals surface area contributed by atoms with Crippen LogP contribution in [-0.4, -0.2) is 43.2 Å². The Labute approximate surface area is 235 Å². The number of aromatic nitrogens is 5. The lowest BCUT2D eigenvalue weighted by molar-refractivity contribution is -0.141. The van der Waals surface area contributed by atoms with Gasteiger partial charge in [0.1, 0.15) is 23.9 Å². The molecule has 0 radical (unpaired) electrons. The number of hydrogen-bond donors (Lipinski definition) is 3. The molecule has 208 valence electrons. The molecule has 0 bridgehead atoms. The van der Waals surface area contributed by atoms with Crippen LogP contribution in [0.5, 0.6) is 0 Å². The fourth-order valence-corrected chi connectivity index (χ4v) is 3.27. The molecule has 41 heavy (non-hydrogen) atoms. The van der Waals surface area contributed by atoms with Crippen molar-refractivity contribution < 1.29 is 14.3 Å². The Bertz CT molecular complexity index is 1730. The van der Waals surface area contributed by atoms with E-state index in [0.717, 1.165) is 5.56 Å². The fourth-order valence-electron chi connectivity index (χ4n) is 3.27. The first kappa shape index (κ1) is 31.2. The summed E-state index contributed by atoms with van der Waals surface area (Å²) in [6.45, 7) is 8.51. The van der Waals surface area contributed by atoms with Crippen LogP contribution in [0.25, 0.3) is 21.7 Å². The smallest absolute Gasteiger partial charge is 0.313 e. The second-order valence-corrected chi connectivity index (χ2v) is 7.86. The average Bonchev–Trinajstić information content (AvgIpc) is 3.60. The van der Waals surface area contributed by atoms with Gasteiger partial charge in [0.15, 0.2) is 11.4 Å². The summed E-state index contributed by atoms with van der Waals surface area (Å²) in [4.78, 5) is 41.7. The summed E-state index contributed by atoms with van der Waals surface area (Å²) in [5.41, 5.74) is 8.02. The number of nitrogens with zero attached hydrogens (tertiary/aromatic N) is 5. The number of esters is 1. The number of nitriles is 1. The minimum absolute atomic E-state index is 0. The molecular weight excluding hydrogens is 524 g/mol. The van der Waals surface area contributed by atoms with Crippen molar-refractivity contribution in [2.75, 3.05) is 12.3 Å². The number of nitrogens with two attached hydrogens (primary N) is 1. The van der Waals surface area contributed by atoms with Crippen LogP contribution in [0.1, 0.15) is 36.7 Å². The Morgan fingerprint density at radius 2 is 1.80 bits per heavy atom. The Balaban J connectivity index is 0.000000228. The van der Waals surface area contributed by atoms with E-state index in [0.29, 0.717) is 40.6 Å². The molecular formula is C29H28N8O4. The number of Topliss-reactive ketones (excluding diaryl/α,β-unsaturated/α-hetero) is 1. The molecule has 0 fully saturated rings. The number of hydrogen-bond acceptors (Lipinski definition) is 8. The van der Waals surface area contributed by atoms with Crippen LogP contribution in [0.3, 0.4) is 0 Å². The van der Waals surface area contributed by atoms with Crippen molar-refractivity contribution >= 4 is 28.9 Å². The highest BCUT2D eigenvalue weighted by Gasteiger charge is 2.11. The normalized spacial score (nSPS) is 9.44. The second kappa shape index (κ2) is 15.4. The third-order valence-corrected chi connectivity index (χ3v) is 5.16. The van der Waals surface area contributed by atoms with Gasteiger partial charge in [0.25, 0.3) is 5.56 Å². The largest absolute Gasteiger partial charge is 0.466 e. The number of aromatic amines is 2. The van der Waals surface area contributed by atoms with E-state index < -0.39 is 5.97 Å². The summed E-state index contributed by atoms with van der Waals surface area (Å²) < 4.78 is 5.93. The summed E-state index contributed by atoms with van der Waals surface area (Å²) in [6.07, 6.45) is 2.68. The van der Waals surface area contributed by atoms with Crippen LogP contribution < -0.4 is 11.3 Å². The van der Waals surface area contributed by atoms with E-state index in [9.17, 15) is 14.4 Å². The SMILES string of the molecule is C.CCOC(=O)CC(=O)c1ccccc1.N#Cc1c[nH]n2c(=O)cc(-c3ccccc3)nc12.[C-]#[N+]c1cn[nH]c1N. The maximum atomic E-state index is 11.9. The lowest BCUT2D eigenvalue weighted by Crippen LogP contribution is -2.14. The predicted octanol–water partition coefficient (Wildman–Crippen LogP) is 4.56. The van der Waals surface area contributed by atoms with Gasteiger partial charge in [-0.25, -0.2) is 14.3 Å². The molecule has 0 amide bonds. The predicted molar refractivity (Wildman–Crippen MR) is 154 cm³/mol. The van der Waals surface area contributed by atoms with Crippen LogP contribution in [0, 0.1) is 17.9 Å². The highest BCUT2D eigenvalue weighted by molar-refractivity contribution is 6.05. The van der Waals surface area contributed by atoms with Crippen molar-refractivity contribution in [1.82, 2.24) is 24.8 Å². The number of ketones is 1. The molecule has 0 aliphatic carbocycles. The van der Waals surface area contributed by atoms with E-state index >= 15 is 0 Å². The number of rotatable bonds is 5. The first-order valence-corrected chi connectivity index (χ1v) is 11.8. The lowest BCUT2D eigenvalue weighted by atomic mass is 10.1. The molecule has 0 unspecified atom stereocenters. The number of nitrogens with one attached hydrogen (secondary N) is 2. The molecule has 5 rings (SSSR count). The molecule has 0 atom stereocenters. The van der Waals surface area contributed by atoms with Crippen LogP contribution in [0.4, 0.5) is 11.5 Å². The topological polar surface area (TPSA) is 176 Å². The van der Waals surface area contributed by atoms with E-state index in [-0.39, 0.29) is 25.2 Å². The summed E-state index contributed by atoms with van der Waals surface area (Å²) in [5.74, 6) is -0.342. The monoisotopic (exact) mass is 552 g/mol. The molecule has 0 saturated carbocycles. The van der Waals surface area contributed by atoms with Crippen molar-refractivity contribution in [2.45, 2.75) is 20.8 Å². The van der Waals surface area contributed by atoms with E-state index in [1.54, 1.807) is 31.2 Å². The van der Waals surface area contributed by atoms with Gasteiger partial charge >= 0.3 is 5.97 Å². The molecule has 0 aliphatic rings. The summed E-state index contributed by atoms with van der Waals surface area (Å²) in [6, 6.07) is 21.5. The fraction of sp³-hybridized carbons (Fsp3) is 0.138. The van der Waals surface area contributed by atoms with Crippen molar-refractivity contribution in [3.8, 4) is 17.3 Å². The Morgan fingerprint density at radius 3 is 2.34 bits per heavy atom. The summed E-state index contributed by atoms with van der Waals surface area (Å²) in [5, 5.41) is 17.6. The van der Waals surface area contributed by atoms with Gasteiger partial charge in [-0.05, 0) is 6.92 Å². The summed E-state index contributed by atoms with van der Waals surface area (Å²) >= 11 is 0. The van der Waals surface area contributed by atoms with Gasteiger partial charge in [-0.2, -0.15) is 10.4 Å². The standard InChI is InChI=1S/C13H8N4O.C11H12O3.C4H4N4.CH4/c14-7-10-8-15-17-12(18)6-11(16-13(10)17)9-4-2-1-3-5-9;1-2-14-11(13)8-10(12)9-6-4-3-5-7-9;1-6-3-2-7-8-4(3)5;/h1-6,8,15H;3-7H,2,8H2,1H3;2H,(H3,5,7,8);1H4. The quantitative estimate of drug-likeness (QED) is 0.123. The number of ether oxygens (including phenoxy) is 1. The maximum absolute atomic E-state index is 11.9. The van der Waals surface area contributed by atoms with E-state index in [1.165, 1.54) is 23.0 Å². The molecule has 0 saturated heterocycles. The zero-order chi connectivity index (χ0) is 28.9. The Morgan fingerprint density at radius 1 is 1.15 bits per heavy atom. The highest BCUT2D eigenvalue weighted by Crippen LogP contribution is 2.17. The lowest BCUT2D eigenvalue weighted by Gasteiger charge is -2.00. The number of carbonyl (C=O) groups is 2. The summed E-state index contributed by atoms with van der Waals surface area (Å²) in [7, 11) is 0. The van der Waals surface area contributed by atoms with E-state index in [4.69, 9.17) is 17.6 Å². The Hall–Kier alpha value is -6.01. The molecule has 0 spiro atoms.